The number of nitrogens with one attached hydrogen (secondary N) is 2. The first-order valence-electron chi connectivity index (χ1n) is 6.99. The largest absolute Gasteiger partial charge is 0.351 e. The van der Waals surface area contributed by atoms with Crippen molar-refractivity contribution in [3.8, 4) is 0 Å². The standard InChI is InChI=1S/C15H21N3O2.ClH/c1-10(16)14(19)17-9-11-4-2-7-13(8-11)18-15(20)12-5-3-6-12;/h2,4,7-8,10,12H,3,5-6,9,16H2,1H3,(H,17,19)(H,18,20);1H/t10-;/m0./s1. The van der Waals surface area contributed by atoms with Crippen LogP contribution in [-0.2, 0) is 16.1 Å². The summed E-state index contributed by atoms with van der Waals surface area (Å²) in [5, 5.41) is 5.67. The summed E-state index contributed by atoms with van der Waals surface area (Å²) in [5.74, 6) is 0.0679. The predicted molar refractivity (Wildman–Crippen MR) is 85.2 cm³/mol. The Morgan fingerprint density at radius 1 is 1.38 bits per heavy atom. The smallest absolute Gasteiger partial charge is 0.236 e. The molecular weight excluding hydrogens is 290 g/mol. The fourth-order valence-corrected chi connectivity index (χ4v) is 2.02. The monoisotopic (exact) mass is 311 g/mol. The fraction of sp³-hybridized carbons (Fsp3) is 0.467. The van der Waals surface area contributed by atoms with Gasteiger partial charge in [-0.05, 0) is 37.5 Å². The highest BCUT2D eigenvalue weighted by Gasteiger charge is 2.25. The van der Waals surface area contributed by atoms with Gasteiger partial charge in [0.15, 0.2) is 0 Å². The van der Waals surface area contributed by atoms with Gasteiger partial charge in [0.05, 0.1) is 6.04 Å². The lowest BCUT2D eigenvalue weighted by molar-refractivity contribution is -0.122. The van der Waals surface area contributed by atoms with Gasteiger partial charge >= 0.3 is 0 Å². The maximum absolute atomic E-state index is 11.9. The number of anilines is 1. The minimum Gasteiger partial charge on any atom is -0.351 e. The molecule has 116 valence electrons. The lowest BCUT2D eigenvalue weighted by Gasteiger charge is -2.24. The molecule has 6 heteroatoms. The van der Waals surface area contributed by atoms with E-state index in [1.165, 1.54) is 0 Å². The van der Waals surface area contributed by atoms with Gasteiger partial charge in [0, 0.05) is 18.2 Å². The van der Waals surface area contributed by atoms with Gasteiger partial charge in [0.2, 0.25) is 11.8 Å². The number of rotatable bonds is 5. The van der Waals surface area contributed by atoms with Crippen LogP contribution < -0.4 is 16.4 Å². The lowest BCUT2D eigenvalue weighted by atomic mass is 9.85. The summed E-state index contributed by atoms with van der Waals surface area (Å²) in [6, 6.07) is 6.98. The van der Waals surface area contributed by atoms with Gasteiger partial charge in [-0.25, -0.2) is 0 Å². The molecule has 0 spiro atoms. The summed E-state index contributed by atoms with van der Waals surface area (Å²) >= 11 is 0. The van der Waals surface area contributed by atoms with Crippen molar-refractivity contribution in [1.82, 2.24) is 5.32 Å². The molecule has 0 aliphatic heterocycles. The zero-order valence-corrected chi connectivity index (χ0v) is 12.9. The van der Waals surface area contributed by atoms with E-state index >= 15 is 0 Å². The molecule has 1 atom stereocenters. The van der Waals surface area contributed by atoms with Gasteiger partial charge in [-0.2, -0.15) is 0 Å². The molecule has 1 aromatic rings. The molecule has 0 saturated heterocycles. The molecule has 0 radical (unpaired) electrons. The van der Waals surface area contributed by atoms with Crippen LogP contribution >= 0.6 is 12.4 Å². The van der Waals surface area contributed by atoms with Crippen molar-refractivity contribution in [1.29, 1.82) is 0 Å². The van der Waals surface area contributed by atoms with Crippen molar-refractivity contribution >= 4 is 29.9 Å². The Morgan fingerprint density at radius 3 is 2.67 bits per heavy atom. The van der Waals surface area contributed by atoms with Crippen LogP contribution in [-0.4, -0.2) is 17.9 Å². The third-order valence-electron chi connectivity index (χ3n) is 3.55. The molecule has 2 rings (SSSR count). The predicted octanol–water partition coefficient (Wildman–Crippen LogP) is 1.81. The van der Waals surface area contributed by atoms with Crippen molar-refractivity contribution < 1.29 is 9.59 Å². The van der Waals surface area contributed by atoms with Crippen LogP contribution in [0.25, 0.3) is 0 Å². The molecule has 0 heterocycles. The Kier molecular flexibility index (Phi) is 6.65. The third-order valence-corrected chi connectivity index (χ3v) is 3.55. The molecule has 0 unspecified atom stereocenters. The molecule has 4 N–H and O–H groups in total. The van der Waals surface area contributed by atoms with E-state index in [4.69, 9.17) is 5.73 Å². The first kappa shape index (κ1) is 17.5. The van der Waals surface area contributed by atoms with Crippen molar-refractivity contribution in [2.75, 3.05) is 5.32 Å². The minimum atomic E-state index is -0.517. The summed E-state index contributed by atoms with van der Waals surface area (Å²) < 4.78 is 0. The maximum Gasteiger partial charge on any atom is 0.236 e. The highest BCUT2D eigenvalue weighted by Crippen LogP contribution is 2.27. The zero-order valence-electron chi connectivity index (χ0n) is 12.1. The zero-order chi connectivity index (χ0) is 14.5. The Labute approximate surface area is 131 Å². The van der Waals surface area contributed by atoms with Crippen LogP contribution in [0.2, 0.25) is 0 Å². The van der Waals surface area contributed by atoms with E-state index in [1.54, 1.807) is 6.92 Å². The molecule has 21 heavy (non-hydrogen) atoms. The van der Waals surface area contributed by atoms with Gasteiger partial charge in [-0.3, -0.25) is 9.59 Å². The van der Waals surface area contributed by atoms with Crippen LogP contribution in [0.3, 0.4) is 0 Å². The second-order valence-electron chi connectivity index (χ2n) is 5.32. The average Bonchev–Trinajstić information content (AvgIpc) is 2.34. The summed E-state index contributed by atoms with van der Waals surface area (Å²) in [7, 11) is 0. The van der Waals surface area contributed by atoms with Crippen LogP contribution in [0.15, 0.2) is 24.3 Å². The number of benzene rings is 1. The number of carbonyl (C=O) groups is 2. The lowest BCUT2D eigenvalue weighted by Crippen LogP contribution is -2.37. The van der Waals surface area contributed by atoms with Crippen molar-refractivity contribution in [2.45, 2.75) is 38.8 Å². The number of hydrogen-bond acceptors (Lipinski definition) is 3. The number of carbonyl (C=O) groups excluding carboxylic acids is 2. The molecule has 0 aromatic heterocycles. The maximum atomic E-state index is 11.9. The molecule has 1 aromatic carbocycles. The fourth-order valence-electron chi connectivity index (χ4n) is 2.02. The third kappa shape index (κ3) is 5.02. The first-order valence-corrected chi connectivity index (χ1v) is 6.99. The highest BCUT2D eigenvalue weighted by molar-refractivity contribution is 5.93. The number of halogens is 1. The number of nitrogens with two attached hydrogens (primary N) is 1. The van der Waals surface area contributed by atoms with Crippen molar-refractivity contribution in [2.24, 2.45) is 11.7 Å². The molecule has 5 nitrogen and oxygen atoms in total. The van der Waals surface area contributed by atoms with Crippen LogP contribution in [0.1, 0.15) is 31.7 Å². The van der Waals surface area contributed by atoms with Gasteiger partial charge in [0.1, 0.15) is 0 Å². The van der Waals surface area contributed by atoms with E-state index in [9.17, 15) is 9.59 Å². The van der Waals surface area contributed by atoms with Crippen molar-refractivity contribution in [3.63, 3.8) is 0 Å². The summed E-state index contributed by atoms with van der Waals surface area (Å²) in [5.41, 5.74) is 7.19. The SMILES string of the molecule is C[C@H](N)C(=O)NCc1cccc(NC(=O)C2CCC2)c1.Cl. The molecule has 1 saturated carbocycles. The molecule has 1 aliphatic carbocycles. The molecule has 0 bridgehead atoms. The second-order valence-corrected chi connectivity index (χ2v) is 5.32. The second kappa shape index (κ2) is 8.00. The quantitative estimate of drug-likeness (QED) is 0.775. The summed E-state index contributed by atoms with van der Waals surface area (Å²) in [6.07, 6.45) is 3.10. The normalized spacial score (nSPS) is 15.3. The topological polar surface area (TPSA) is 84.2 Å². The first-order chi connectivity index (χ1) is 9.56. The Morgan fingerprint density at radius 2 is 2.10 bits per heavy atom. The molecule has 2 amide bonds. The molecule has 1 aliphatic rings. The van der Waals surface area contributed by atoms with Gasteiger partial charge in [-0.15, -0.1) is 12.4 Å². The number of amides is 2. The molecular formula is C15H22ClN3O2. The van der Waals surface area contributed by atoms with E-state index in [1.807, 2.05) is 24.3 Å². The molecule has 1 fully saturated rings. The summed E-state index contributed by atoms with van der Waals surface area (Å²) in [4.78, 5) is 23.3. The Bertz CT molecular complexity index is 501. The van der Waals surface area contributed by atoms with E-state index in [0.717, 1.165) is 30.5 Å². The van der Waals surface area contributed by atoms with Crippen LogP contribution in [0, 0.1) is 5.92 Å². The van der Waals surface area contributed by atoms with Gasteiger partial charge in [-0.1, -0.05) is 18.6 Å². The average molecular weight is 312 g/mol. The van der Waals surface area contributed by atoms with Crippen LogP contribution in [0.4, 0.5) is 5.69 Å². The minimum absolute atomic E-state index is 0. The van der Waals surface area contributed by atoms with E-state index < -0.39 is 6.04 Å². The number of hydrogen-bond donors (Lipinski definition) is 3. The van der Waals surface area contributed by atoms with E-state index in [2.05, 4.69) is 10.6 Å². The summed E-state index contributed by atoms with van der Waals surface area (Å²) in [6.45, 7) is 2.05. The van der Waals surface area contributed by atoms with Crippen LogP contribution in [0.5, 0.6) is 0 Å². The highest BCUT2D eigenvalue weighted by atomic mass is 35.5. The van der Waals surface area contributed by atoms with E-state index in [0.29, 0.717) is 6.54 Å². The van der Waals surface area contributed by atoms with E-state index in [-0.39, 0.29) is 30.1 Å². The Hall–Kier alpha value is -1.59. The van der Waals surface area contributed by atoms with Gasteiger partial charge < -0.3 is 16.4 Å². The van der Waals surface area contributed by atoms with Gasteiger partial charge in [0.25, 0.3) is 0 Å². The van der Waals surface area contributed by atoms with Crippen molar-refractivity contribution in [3.05, 3.63) is 29.8 Å². The Balaban J connectivity index is 0.00000220.